The lowest BCUT2D eigenvalue weighted by molar-refractivity contribution is -0.385. The molecule has 0 radical (unpaired) electrons. The van der Waals surface area contributed by atoms with Crippen LogP contribution in [0, 0.1) is 15.5 Å². The van der Waals surface area contributed by atoms with Crippen molar-refractivity contribution in [2.75, 3.05) is 7.11 Å². The summed E-state index contributed by atoms with van der Waals surface area (Å²) >= 11 is 0. The summed E-state index contributed by atoms with van der Waals surface area (Å²) in [6.07, 6.45) is 2.85. The van der Waals surface area contributed by atoms with Crippen molar-refractivity contribution >= 4 is 11.5 Å². The first kappa shape index (κ1) is 14.3. The maximum atomic E-state index is 11.0. The number of nitrogens with one attached hydrogen (secondary N) is 1. The Bertz CT molecular complexity index is 702. The van der Waals surface area contributed by atoms with E-state index in [1.54, 1.807) is 0 Å². The number of benzene rings is 1. The molecule has 108 valence electrons. The molecule has 1 aromatic heterocycles. The van der Waals surface area contributed by atoms with Gasteiger partial charge in [-0.2, -0.15) is 0 Å². The quantitative estimate of drug-likeness (QED) is 0.375. The second kappa shape index (κ2) is 5.87. The minimum atomic E-state index is -0.569. The van der Waals surface area contributed by atoms with Crippen molar-refractivity contribution in [3.63, 3.8) is 0 Å². The van der Waals surface area contributed by atoms with Crippen LogP contribution < -0.4 is 15.2 Å². The van der Waals surface area contributed by atoms with Gasteiger partial charge >= 0.3 is 5.69 Å². The minimum absolute atomic E-state index is 0.130. The van der Waals surface area contributed by atoms with Crippen molar-refractivity contribution in [2.45, 2.75) is 0 Å². The lowest BCUT2D eigenvalue weighted by Gasteiger charge is -2.10. The number of methoxy groups -OCH3 is 1. The fraction of sp³-hybridized carbons (Fsp3) is 0.0769. The summed E-state index contributed by atoms with van der Waals surface area (Å²) in [5.74, 6) is 0.406. The van der Waals surface area contributed by atoms with Gasteiger partial charge in [-0.3, -0.25) is 20.5 Å². The van der Waals surface area contributed by atoms with Crippen LogP contribution in [0.5, 0.6) is 17.2 Å². The van der Waals surface area contributed by atoms with E-state index in [1.807, 2.05) is 0 Å². The number of amidine groups is 1. The molecule has 0 unspecified atom stereocenters. The van der Waals surface area contributed by atoms with Crippen LogP contribution in [0.15, 0.2) is 36.7 Å². The number of nitrogens with zero attached hydrogens (tertiary/aromatic N) is 2. The molecule has 21 heavy (non-hydrogen) atoms. The number of pyridine rings is 1. The van der Waals surface area contributed by atoms with Crippen molar-refractivity contribution in [3.05, 3.63) is 52.3 Å². The smallest absolute Gasteiger partial charge is 0.314 e. The first-order chi connectivity index (χ1) is 10.0. The Hall–Kier alpha value is -3.16. The molecule has 0 spiro atoms. The molecule has 1 heterocycles. The first-order valence-electron chi connectivity index (χ1n) is 5.81. The van der Waals surface area contributed by atoms with E-state index in [0.717, 1.165) is 0 Å². The lowest BCUT2D eigenvalue weighted by atomic mass is 10.2. The predicted octanol–water partition coefficient (Wildman–Crippen LogP) is 2.07. The number of nitrogen functional groups attached to an aromatic ring is 1. The average molecular weight is 288 g/mol. The fourth-order valence-electron chi connectivity index (χ4n) is 1.69. The van der Waals surface area contributed by atoms with Crippen LogP contribution in [0.2, 0.25) is 0 Å². The summed E-state index contributed by atoms with van der Waals surface area (Å²) in [7, 11) is 1.35. The SMILES string of the molecule is COc1ccc(Oc2cnccc2C(=N)N)cc1[N+](=O)[O-]. The number of ether oxygens (including phenoxy) is 2. The topological polar surface area (TPSA) is 124 Å². The van der Waals surface area contributed by atoms with Gasteiger partial charge in [0.1, 0.15) is 11.6 Å². The maximum absolute atomic E-state index is 11.0. The van der Waals surface area contributed by atoms with Gasteiger partial charge in [0, 0.05) is 6.20 Å². The molecule has 2 aromatic rings. The first-order valence-corrected chi connectivity index (χ1v) is 5.81. The third-order valence-electron chi connectivity index (χ3n) is 2.65. The van der Waals surface area contributed by atoms with E-state index in [0.29, 0.717) is 5.56 Å². The van der Waals surface area contributed by atoms with E-state index in [9.17, 15) is 10.1 Å². The van der Waals surface area contributed by atoms with E-state index in [1.165, 1.54) is 43.8 Å². The van der Waals surface area contributed by atoms with Crippen molar-refractivity contribution in [1.29, 1.82) is 5.41 Å². The molecule has 0 aliphatic heterocycles. The van der Waals surface area contributed by atoms with Crippen LogP contribution in [0.3, 0.4) is 0 Å². The predicted molar refractivity (Wildman–Crippen MR) is 75.0 cm³/mol. The molecular weight excluding hydrogens is 276 g/mol. The third kappa shape index (κ3) is 3.06. The van der Waals surface area contributed by atoms with E-state index < -0.39 is 4.92 Å². The highest BCUT2D eigenvalue weighted by atomic mass is 16.6. The zero-order valence-electron chi connectivity index (χ0n) is 11.1. The van der Waals surface area contributed by atoms with Crippen molar-refractivity contribution in [1.82, 2.24) is 4.98 Å². The molecule has 3 N–H and O–H groups in total. The second-order valence-corrected chi connectivity index (χ2v) is 3.98. The monoisotopic (exact) mass is 288 g/mol. The molecule has 0 aliphatic rings. The highest BCUT2D eigenvalue weighted by Crippen LogP contribution is 2.33. The summed E-state index contributed by atoms with van der Waals surface area (Å²) in [4.78, 5) is 14.3. The normalized spacial score (nSPS) is 9.95. The highest BCUT2D eigenvalue weighted by Gasteiger charge is 2.17. The zero-order valence-corrected chi connectivity index (χ0v) is 11.1. The second-order valence-electron chi connectivity index (χ2n) is 3.98. The van der Waals surface area contributed by atoms with Crippen LogP contribution in [-0.2, 0) is 0 Å². The van der Waals surface area contributed by atoms with Crippen LogP contribution in [0.1, 0.15) is 5.56 Å². The molecule has 2 rings (SSSR count). The van der Waals surface area contributed by atoms with Gasteiger partial charge in [0.05, 0.1) is 29.9 Å². The molecule has 0 atom stereocenters. The third-order valence-corrected chi connectivity index (χ3v) is 2.65. The van der Waals surface area contributed by atoms with Gasteiger partial charge in [-0.05, 0) is 18.2 Å². The Balaban J connectivity index is 2.39. The summed E-state index contributed by atoms with van der Waals surface area (Å²) in [6.45, 7) is 0. The Morgan fingerprint density at radius 3 is 2.76 bits per heavy atom. The van der Waals surface area contributed by atoms with Gasteiger partial charge < -0.3 is 15.2 Å². The number of nitrogens with two attached hydrogens (primary N) is 1. The molecule has 0 bridgehead atoms. The van der Waals surface area contributed by atoms with Crippen LogP contribution in [0.25, 0.3) is 0 Å². The molecule has 0 aliphatic carbocycles. The van der Waals surface area contributed by atoms with Gasteiger partial charge in [-0.15, -0.1) is 0 Å². The fourth-order valence-corrected chi connectivity index (χ4v) is 1.69. The van der Waals surface area contributed by atoms with Gasteiger partial charge in [0.25, 0.3) is 0 Å². The van der Waals surface area contributed by atoms with E-state index in [4.69, 9.17) is 20.6 Å². The molecule has 0 saturated carbocycles. The largest absolute Gasteiger partial charge is 0.490 e. The maximum Gasteiger partial charge on any atom is 0.314 e. The number of rotatable bonds is 5. The number of nitro benzene ring substituents is 1. The van der Waals surface area contributed by atoms with Crippen molar-refractivity contribution in [3.8, 4) is 17.2 Å². The Kier molecular flexibility index (Phi) is 3.98. The Morgan fingerprint density at radius 1 is 1.38 bits per heavy atom. The van der Waals surface area contributed by atoms with Crippen molar-refractivity contribution in [2.24, 2.45) is 5.73 Å². The van der Waals surface area contributed by atoms with Crippen LogP contribution in [0.4, 0.5) is 5.69 Å². The molecule has 0 amide bonds. The molecule has 0 saturated heterocycles. The summed E-state index contributed by atoms with van der Waals surface area (Å²) in [5.41, 5.74) is 5.57. The number of hydrogen-bond donors (Lipinski definition) is 2. The summed E-state index contributed by atoms with van der Waals surface area (Å²) in [5, 5.41) is 18.4. The van der Waals surface area contributed by atoms with Crippen LogP contribution in [-0.4, -0.2) is 22.9 Å². The summed E-state index contributed by atoms with van der Waals surface area (Å²) in [6, 6.07) is 5.70. The van der Waals surface area contributed by atoms with E-state index >= 15 is 0 Å². The number of hydrogen-bond acceptors (Lipinski definition) is 6. The Labute approximate surface area is 119 Å². The highest BCUT2D eigenvalue weighted by molar-refractivity contribution is 5.97. The molecule has 8 heteroatoms. The van der Waals surface area contributed by atoms with E-state index in [2.05, 4.69) is 4.98 Å². The molecular formula is C13H12N4O4. The number of aromatic nitrogens is 1. The molecule has 8 nitrogen and oxygen atoms in total. The minimum Gasteiger partial charge on any atom is -0.490 e. The van der Waals surface area contributed by atoms with Crippen molar-refractivity contribution < 1.29 is 14.4 Å². The molecule has 0 fully saturated rings. The van der Waals surface area contributed by atoms with Gasteiger partial charge in [-0.1, -0.05) is 0 Å². The zero-order chi connectivity index (χ0) is 15.4. The van der Waals surface area contributed by atoms with Gasteiger partial charge in [0.15, 0.2) is 11.5 Å². The Morgan fingerprint density at radius 2 is 2.14 bits per heavy atom. The molecule has 1 aromatic carbocycles. The summed E-state index contributed by atoms with van der Waals surface area (Å²) < 4.78 is 10.4. The van der Waals surface area contributed by atoms with E-state index in [-0.39, 0.29) is 28.8 Å². The van der Waals surface area contributed by atoms with Gasteiger partial charge in [0.2, 0.25) is 0 Å². The number of nitro groups is 1. The van der Waals surface area contributed by atoms with Gasteiger partial charge in [-0.25, -0.2) is 0 Å². The van der Waals surface area contributed by atoms with Crippen LogP contribution >= 0.6 is 0 Å². The lowest BCUT2D eigenvalue weighted by Crippen LogP contribution is -2.12. The average Bonchev–Trinajstić information content (AvgIpc) is 2.47. The standard InChI is InChI=1S/C13H12N4O4/c1-20-11-3-2-8(6-10(11)17(18)19)21-12-7-16-5-4-9(12)13(14)15/h2-7H,1H3,(H3,14,15).